The van der Waals surface area contributed by atoms with Crippen LogP contribution >= 0.6 is 27.5 Å². The lowest BCUT2D eigenvalue weighted by atomic mass is 9.85. The van der Waals surface area contributed by atoms with Gasteiger partial charge in [-0.2, -0.15) is 13.2 Å². The van der Waals surface area contributed by atoms with Crippen LogP contribution in [0.5, 0.6) is 5.75 Å². The zero-order valence-corrected chi connectivity index (χ0v) is 17.8. The van der Waals surface area contributed by atoms with Crippen molar-refractivity contribution >= 4 is 39.4 Å². The van der Waals surface area contributed by atoms with Gasteiger partial charge in [0.15, 0.2) is 6.10 Å². The summed E-state index contributed by atoms with van der Waals surface area (Å²) in [4.78, 5) is 22.3. The number of phenols is 1. The molecule has 1 fully saturated rings. The molecule has 0 bridgehead atoms. The van der Waals surface area contributed by atoms with Crippen molar-refractivity contribution in [3.63, 3.8) is 0 Å². The van der Waals surface area contributed by atoms with Crippen molar-refractivity contribution in [2.24, 2.45) is 11.7 Å². The highest BCUT2D eigenvalue weighted by Gasteiger charge is 2.38. The van der Waals surface area contributed by atoms with Gasteiger partial charge in [0.2, 0.25) is 0 Å². The Kier molecular flexibility index (Phi) is 9.82. The SMILES string of the molecule is N[C@@H](c1cc(Cl)c(Br)cc1O)C1CCN(C(=O)[C@H](O)CO)CC1.O=C(O)C(F)(F)F. The third kappa shape index (κ3) is 7.27. The number of carboxylic acids is 1. The third-order valence-corrected chi connectivity index (χ3v) is 5.69. The average molecular weight is 522 g/mol. The molecule has 0 radical (unpaired) electrons. The van der Waals surface area contributed by atoms with Gasteiger partial charge in [0.1, 0.15) is 5.75 Å². The van der Waals surface area contributed by atoms with E-state index in [1.54, 1.807) is 6.07 Å². The second-order valence-corrected chi connectivity index (χ2v) is 7.78. The number of halogens is 5. The minimum absolute atomic E-state index is 0.0861. The summed E-state index contributed by atoms with van der Waals surface area (Å²) in [5.41, 5.74) is 6.85. The number of aliphatic hydroxyl groups is 2. The highest BCUT2D eigenvalue weighted by Crippen LogP contribution is 2.37. The van der Waals surface area contributed by atoms with Crippen molar-refractivity contribution in [1.82, 2.24) is 4.90 Å². The molecule has 1 aliphatic heterocycles. The zero-order chi connectivity index (χ0) is 23.2. The molecule has 30 heavy (non-hydrogen) atoms. The van der Waals surface area contributed by atoms with Gasteiger partial charge in [-0.3, -0.25) is 4.79 Å². The summed E-state index contributed by atoms with van der Waals surface area (Å²) in [6, 6.07) is 2.78. The number of nitrogens with zero attached hydrogens (tertiary/aromatic N) is 1. The van der Waals surface area contributed by atoms with Crippen LogP contribution in [0.25, 0.3) is 0 Å². The lowest BCUT2D eigenvalue weighted by Crippen LogP contribution is -2.46. The molecule has 6 N–H and O–H groups in total. The second kappa shape index (κ2) is 11.1. The number of aliphatic carboxylic acids is 1. The molecule has 0 spiro atoms. The van der Waals surface area contributed by atoms with E-state index in [2.05, 4.69) is 15.9 Å². The van der Waals surface area contributed by atoms with Gasteiger partial charge in [-0.25, -0.2) is 4.79 Å². The van der Waals surface area contributed by atoms with E-state index in [-0.39, 0.29) is 17.7 Å². The Hall–Kier alpha value is -1.60. The Morgan fingerprint density at radius 1 is 1.30 bits per heavy atom. The summed E-state index contributed by atoms with van der Waals surface area (Å²) in [5.74, 6) is -3.04. The number of piperidine rings is 1. The molecule has 170 valence electrons. The smallest absolute Gasteiger partial charge is 0.490 e. The number of benzene rings is 1. The molecule has 1 saturated heterocycles. The van der Waals surface area contributed by atoms with E-state index in [1.165, 1.54) is 11.0 Å². The normalized spacial score (nSPS) is 17.0. The van der Waals surface area contributed by atoms with Crippen molar-refractivity contribution < 1.29 is 43.2 Å². The van der Waals surface area contributed by atoms with Gasteiger partial charge in [0.05, 0.1) is 11.6 Å². The van der Waals surface area contributed by atoms with Crippen LogP contribution in [-0.4, -0.2) is 69.2 Å². The van der Waals surface area contributed by atoms with E-state index in [9.17, 15) is 28.2 Å². The van der Waals surface area contributed by atoms with E-state index in [4.69, 9.17) is 32.3 Å². The summed E-state index contributed by atoms with van der Waals surface area (Å²) in [5, 5.41) is 35.9. The van der Waals surface area contributed by atoms with Crippen molar-refractivity contribution in [2.45, 2.75) is 31.2 Å². The molecule has 1 aliphatic rings. The topological polar surface area (TPSA) is 144 Å². The first kappa shape index (κ1) is 26.4. The van der Waals surface area contributed by atoms with Crippen LogP contribution in [0, 0.1) is 5.92 Å². The molecule has 13 heteroatoms. The zero-order valence-electron chi connectivity index (χ0n) is 15.4. The van der Waals surface area contributed by atoms with Crippen LogP contribution in [-0.2, 0) is 9.59 Å². The number of hydrogen-bond donors (Lipinski definition) is 5. The maximum atomic E-state index is 11.8. The van der Waals surface area contributed by atoms with Crippen molar-refractivity contribution in [3.8, 4) is 5.75 Å². The number of alkyl halides is 3. The fourth-order valence-electron chi connectivity index (χ4n) is 2.84. The number of aromatic hydroxyl groups is 1. The number of hydrogen-bond acceptors (Lipinski definition) is 6. The van der Waals surface area contributed by atoms with Crippen LogP contribution in [0.15, 0.2) is 16.6 Å². The molecule has 1 aromatic rings. The quantitative estimate of drug-likeness (QED) is 0.408. The molecule has 2 rings (SSSR count). The number of rotatable bonds is 4. The largest absolute Gasteiger partial charge is 0.508 e. The molecular weight excluding hydrogens is 501 g/mol. The first-order valence-corrected chi connectivity index (χ1v) is 9.78. The van der Waals surface area contributed by atoms with Crippen molar-refractivity contribution in [3.05, 3.63) is 27.2 Å². The number of likely N-dealkylation sites (tertiary alicyclic amines) is 1. The van der Waals surface area contributed by atoms with E-state index in [0.717, 1.165) is 0 Å². The van der Waals surface area contributed by atoms with Crippen molar-refractivity contribution in [2.75, 3.05) is 19.7 Å². The highest BCUT2D eigenvalue weighted by atomic mass is 79.9. The van der Waals surface area contributed by atoms with Gasteiger partial charge in [-0.15, -0.1) is 0 Å². The van der Waals surface area contributed by atoms with Crippen LogP contribution in [0.1, 0.15) is 24.4 Å². The maximum Gasteiger partial charge on any atom is 0.490 e. The van der Waals surface area contributed by atoms with Crippen molar-refractivity contribution in [1.29, 1.82) is 0 Å². The molecule has 1 heterocycles. The van der Waals surface area contributed by atoms with Crippen LogP contribution in [0.4, 0.5) is 13.2 Å². The first-order chi connectivity index (χ1) is 13.8. The summed E-state index contributed by atoms with van der Waals surface area (Å²) in [6.45, 7) is 0.335. The number of aliphatic hydroxyl groups excluding tert-OH is 2. The minimum Gasteiger partial charge on any atom is -0.508 e. The lowest BCUT2D eigenvalue weighted by molar-refractivity contribution is -0.192. The molecule has 0 saturated carbocycles. The molecule has 0 aliphatic carbocycles. The fraction of sp³-hybridized carbons (Fsp3) is 0.529. The number of carbonyl (C=O) groups is 2. The standard InChI is InChI=1S/C15H20BrClN2O4.C2HF3O2/c16-10-6-12(21)9(5-11(10)17)14(18)8-1-3-19(4-2-8)15(23)13(22)7-20;3-2(4,5)1(6)7/h5-6,8,13-14,20-22H,1-4,7,18H2;(H,6,7)/t13-,14-;/m1./s1. The van der Waals surface area contributed by atoms with Gasteiger partial charge >= 0.3 is 12.1 Å². The Labute approximate surface area is 183 Å². The summed E-state index contributed by atoms with van der Waals surface area (Å²) in [7, 11) is 0. The molecule has 0 aromatic heterocycles. The molecular formula is C17H21BrClF3N2O6. The summed E-state index contributed by atoms with van der Waals surface area (Å²) in [6.07, 6.45) is -5.15. The number of carbonyl (C=O) groups excluding carboxylic acids is 1. The minimum atomic E-state index is -5.08. The predicted octanol–water partition coefficient (Wildman–Crippen LogP) is 2.03. The molecule has 2 atom stereocenters. The van der Waals surface area contributed by atoms with E-state index in [1.807, 2.05) is 0 Å². The Morgan fingerprint density at radius 2 is 1.80 bits per heavy atom. The Bertz CT molecular complexity index is 760. The Morgan fingerprint density at radius 3 is 2.23 bits per heavy atom. The van der Waals surface area contributed by atoms with Gasteiger partial charge in [-0.1, -0.05) is 11.6 Å². The number of carboxylic acid groups (broad SMARTS) is 1. The van der Waals surface area contributed by atoms with Crippen LogP contribution in [0.2, 0.25) is 5.02 Å². The second-order valence-electron chi connectivity index (χ2n) is 6.51. The number of phenolic OH excluding ortho intramolecular Hbond substituents is 1. The third-order valence-electron chi connectivity index (χ3n) is 4.49. The van der Waals surface area contributed by atoms with Gasteiger partial charge in [0, 0.05) is 29.2 Å². The lowest BCUT2D eigenvalue weighted by Gasteiger charge is -2.35. The predicted molar refractivity (Wildman–Crippen MR) is 104 cm³/mol. The number of nitrogens with two attached hydrogens (primary N) is 1. The van der Waals surface area contributed by atoms with Gasteiger partial charge in [0.25, 0.3) is 5.91 Å². The number of amides is 1. The molecule has 8 nitrogen and oxygen atoms in total. The van der Waals surface area contributed by atoms with E-state index in [0.29, 0.717) is 41.0 Å². The van der Waals surface area contributed by atoms with Crippen LogP contribution < -0.4 is 5.73 Å². The van der Waals surface area contributed by atoms with E-state index < -0.39 is 30.8 Å². The molecule has 1 aromatic carbocycles. The maximum absolute atomic E-state index is 11.8. The van der Waals surface area contributed by atoms with E-state index >= 15 is 0 Å². The average Bonchev–Trinajstić information content (AvgIpc) is 2.69. The molecule has 0 unspecified atom stereocenters. The van der Waals surface area contributed by atoms with Crippen LogP contribution in [0.3, 0.4) is 0 Å². The summed E-state index contributed by atoms with van der Waals surface area (Å²) < 4.78 is 32.3. The van der Waals surface area contributed by atoms with Gasteiger partial charge in [-0.05, 0) is 46.8 Å². The monoisotopic (exact) mass is 520 g/mol. The summed E-state index contributed by atoms with van der Waals surface area (Å²) >= 11 is 9.31. The fourth-order valence-corrected chi connectivity index (χ4v) is 3.34. The molecule has 1 amide bonds. The highest BCUT2D eigenvalue weighted by molar-refractivity contribution is 9.10. The van der Waals surface area contributed by atoms with Gasteiger partial charge < -0.3 is 31.1 Å². The Balaban J connectivity index is 0.000000553. The first-order valence-electron chi connectivity index (χ1n) is 8.60.